The summed E-state index contributed by atoms with van der Waals surface area (Å²) in [5, 5.41) is 9.02. The summed E-state index contributed by atoms with van der Waals surface area (Å²) in [6.45, 7) is 8.45. The molecule has 0 aliphatic carbocycles. The Balaban J connectivity index is 4.31. The molecule has 0 bridgehead atoms. The molecule has 0 aliphatic rings. The van der Waals surface area contributed by atoms with Crippen LogP contribution in [0.1, 0.15) is 27.7 Å². The van der Waals surface area contributed by atoms with E-state index in [1.165, 1.54) is 5.57 Å². The van der Waals surface area contributed by atoms with E-state index in [0.717, 1.165) is 0 Å². The number of allylic oxidation sites excluding steroid dienone is 1. The molecule has 0 aromatic heterocycles. The molecule has 0 saturated heterocycles. The summed E-state index contributed by atoms with van der Waals surface area (Å²) in [6, 6.07) is 0. The Labute approximate surface area is 81.6 Å². The minimum Gasteiger partial charge on any atom is -0.396 e. The standard InChI is InChI=1S/C11H22O2/c1-8(2)6-9(3)11(13-5)10(4)7-12/h6,9-12H,7H2,1-5H3/t9-,10-,11+/m0/s1. The highest BCUT2D eigenvalue weighted by molar-refractivity contribution is 4.99. The summed E-state index contributed by atoms with van der Waals surface area (Å²) < 4.78 is 5.36. The van der Waals surface area contributed by atoms with E-state index in [4.69, 9.17) is 9.84 Å². The van der Waals surface area contributed by atoms with Gasteiger partial charge in [0.1, 0.15) is 0 Å². The monoisotopic (exact) mass is 186 g/mol. The Kier molecular flexibility index (Phi) is 6.00. The van der Waals surface area contributed by atoms with E-state index in [9.17, 15) is 0 Å². The van der Waals surface area contributed by atoms with Gasteiger partial charge in [-0.05, 0) is 13.8 Å². The van der Waals surface area contributed by atoms with Crippen LogP contribution in [0.5, 0.6) is 0 Å². The van der Waals surface area contributed by atoms with Crippen molar-refractivity contribution in [3.63, 3.8) is 0 Å². The van der Waals surface area contributed by atoms with Crippen LogP contribution in [0.3, 0.4) is 0 Å². The first-order valence-electron chi connectivity index (χ1n) is 4.81. The van der Waals surface area contributed by atoms with Crippen LogP contribution in [0.25, 0.3) is 0 Å². The van der Waals surface area contributed by atoms with Crippen molar-refractivity contribution in [2.75, 3.05) is 13.7 Å². The summed E-state index contributed by atoms with van der Waals surface area (Å²) >= 11 is 0. The maximum atomic E-state index is 9.02. The molecule has 0 fully saturated rings. The Bertz CT molecular complexity index is 159. The lowest BCUT2D eigenvalue weighted by atomic mass is 9.92. The van der Waals surface area contributed by atoms with E-state index >= 15 is 0 Å². The lowest BCUT2D eigenvalue weighted by molar-refractivity contribution is 0.0105. The predicted octanol–water partition coefficient (Wildman–Crippen LogP) is 2.23. The summed E-state index contributed by atoms with van der Waals surface area (Å²) in [5.41, 5.74) is 1.29. The highest BCUT2D eigenvalue weighted by Gasteiger charge is 2.20. The molecule has 0 amide bonds. The smallest absolute Gasteiger partial charge is 0.0678 e. The van der Waals surface area contributed by atoms with E-state index in [-0.39, 0.29) is 18.6 Å². The van der Waals surface area contributed by atoms with Crippen molar-refractivity contribution in [1.29, 1.82) is 0 Å². The number of rotatable bonds is 5. The van der Waals surface area contributed by atoms with Gasteiger partial charge in [-0.15, -0.1) is 0 Å². The molecule has 2 nitrogen and oxygen atoms in total. The van der Waals surface area contributed by atoms with E-state index < -0.39 is 0 Å². The van der Waals surface area contributed by atoms with Crippen molar-refractivity contribution in [2.45, 2.75) is 33.8 Å². The number of ether oxygens (including phenoxy) is 1. The zero-order chi connectivity index (χ0) is 10.4. The third kappa shape index (κ3) is 4.44. The van der Waals surface area contributed by atoms with E-state index in [2.05, 4.69) is 26.8 Å². The maximum Gasteiger partial charge on any atom is 0.0678 e. The third-order valence-electron chi connectivity index (χ3n) is 2.24. The van der Waals surface area contributed by atoms with Crippen LogP contribution in [-0.4, -0.2) is 24.9 Å². The Hall–Kier alpha value is -0.340. The Morgan fingerprint density at radius 2 is 1.92 bits per heavy atom. The number of hydrogen-bond acceptors (Lipinski definition) is 2. The minimum absolute atomic E-state index is 0.111. The van der Waals surface area contributed by atoms with Gasteiger partial charge in [0.15, 0.2) is 0 Å². The fourth-order valence-corrected chi connectivity index (χ4v) is 1.69. The van der Waals surface area contributed by atoms with Crippen molar-refractivity contribution in [3.05, 3.63) is 11.6 Å². The largest absolute Gasteiger partial charge is 0.396 e. The molecular weight excluding hydrogens is 164 g/mol. The molecule has 0 saturated carbocycles. The van der Waals surface area contributed by atoms with Crippen molar-refractivity contribution < 1.29 is 9.84 Å². The SMILES string of the molecule is CO[C@H]([C@@H](C)C=C(C)C)[C@@H](C)CO. The second-order valence-electron chi connectivity index (χ2n) is 3.96. The van der Waals surface area contributed by atoms with Gasteiger partial charge in [-0.3, -0.25) is 0 Å². The van der Waals surface area contributed by atoms with Crippen LogP contribution < -0.4 is 0 Å². The molecule has 0 aromatic carbocycles. The normalized spacial score (nSPS) is 17.7. The molecule has 0 radical (unpaired) electrons. The second-order valence-corrected chi connectivity index (χ2v) is 3.96. The van der Waals surface area contributed by atoms with Crippen molar-refractivity contribution in [3.8, 4) is 0 Å². The topological polar surface area (TPSA) is 29.5 Å². The molecule has 78 valence electrons. The molecule has 1 N–H and O–H groups in total. The van der Waals surface area contributed by atoms with Gasteiger partial charge in [0.05, 0.1) is 6.10 Å². The average molecular weight is 186 g/mol. The van der Waals surface area contributed by atoms with Gasteiger partial charge >= 0.3 is 0 Å². The second kappa shape index (κ2) is 6.17. The van der Waals surface area contributed by atoms with Crippen LogP contribution in [-0.2, 0) is 4.74 Å². The zero-order valence-corrected chi connectivity index (χ0v) is 9.37. The van der Waals surface area contributed by atoms with Gasteiger partial charge in [-0.2, -0.15) is 0 Å². The fourth-order valence-electron chi connectivity index (χ4n) is 1.69. The fraction of sp³-hybridized carbons (Fsp3) is 0.818. The van der Waals surface area contributed by atoms with E-state index in [1.807, 2.05) is 6.92 Å². The van der Waals surface area contributed by atoms with Crippen molar-refractivity contribution >= 4 is 0 Å². The lowest BCUT2D eigenvalue weighted by Gasteiger charge is -2.25. The Morgan fingerprint density at radius 3 is 2.23 bits per heavy atom. The first kappa shape index (κ1) is 12.7. The minimum atomic E-state index is 0.111. The molecule has 0 aliphatic heterocycles. The summed E-state index contributed by atoms with van der Waals surface area (Å²) in [5.74, 6) is 0.549. The van der Waals surface area contributed by atoms with Gasteiger partial charge < -0.3 is 9.84 Å². The van der Waals surface area contributed by atoms with Crippen LogP contribution in [0.15, 0.2) is 11.6 Å². The van der Waals surface area contributed by atoms with Gasteiger partial charge in [0.2, 0.25) is 0 Å². The van der Waals surface area contributed by atoms with Crippen LogP contribution in [0.4, 0.5) is 0 Å². The first-order valence-corrected chi connectivity index (χ1v) is 4.81. The molecule has 3 atom stereocenters. The summed E-state index contributed by atoms with van der Waals surface area (Å²) in [6.07, 6.45) is 2.29. The van der Waals surface area contributed by atoms with Gasteiger partial charge in [-0.1, -0.05) is 25.5 Å². The maximum absolute atomic E-state index is 9.02. The van der Waals surface area contributed by atoms with Crippen molar-refractivity contribution in [1.82, 2.24) is 0 Å². The molecule has 0 unspecified atom stereocenters. The van der Waals surface area contributed by atoms with Gasteiger partial charge in [0.25, 0.3) is 0 Å². The van der Waals surface area contributed by atoms with Crippen molar-refractivity contribution in [2.24, 2.45) is 11.8 Å². The third-order valence-corrected chi connectivity index (χ3v) is 2.24. The Morgan fingerprint density at radius 1 is 1.38 bits per heavy atom. The highest BCUT2D eigenvalue weighted by Crippen LogP contribution is 2.18. The number of methoxy groups -OCH3 is 1. The average Bonchev–Trinajstić information content (AvgIpc) is 2.03. The molecule has 0 heterocycles. The first-order chi connectivity index (χ1) is 6.02. The summed E-state index contributed by atoms with van der Waals surface area (Å²) in [4.78, 5) is 0. The van der Waals surface area contributed by atoms with E-state index in [0.29, 0.717) is 5.92 Å². The van der Waals surface area contributed by atoms with Crippen LogP contribution in [0.2, 0.25) is 0 Å². The molecule has 13 heavy (non-hydrogen) atoms. The number of hydrogen-bond donors (Lipinski definition) is 1. The van der Waals surface area contributed by atoms with Gasteiger partial charge in [-0.25, -0.2) is 0 Å². The van der Waals surface area contributed by atoms with Crippen LogP contribution >= 0.6 is 0 Å². The predicted molar refractivity (Wildman–Crippen MR) is 55.6 cm³/mol. The lowest BCUT2D eigenvalue weighted by Crippen LogP contribution is -2.29. The molecule has 0 aromatic rings. The number of aliphatic hydroxyl groups excluding tert-OH is 1. The zero-order valence-electron chi connectivity index (χ0n) is 9.37. The molecule has 0 rings (SSSR count). The van der Waals surface area contributed by atoms with E-state index in [1.54, 1.807) is 7.11 Å². The van der Waals surface area contributed by atoms with Crippen LogP contribution in [0, 0.1) is 11.8 Å². The number of aliphatic hydroxyl groups is 1. The van der Waals surface area contributed by atoms with Gasteiger partial charge in [0, 0.05) is 25.6 Å². The summed E-state index contributed by atoms with van der Waals surface area (Å²) in [7, 11) is 1.70. The quantitative estimate of drug-likeness (QED) is 0.667. The highest BCUT2D eigenvalue weighted by atomic mass is 16.5. The molecular formula is C11H22O2. The molecule has 2 heteroatoms. The molecule has 0 spiro atoms.